The van der Waals surface area contributed by atoms with Crippen LogP contribution in [-0.4, -0.2) is 48.2 Å². The molecule has 9 heteroatoms. The van der Waals surface area contributed by atoms with E-state index in [2.05, 4.69) is 65.1 Å². The predicted molar refractivity (Wildman–Crippen MR) is 143 cm³/mol. The Morgan fingerprint density at radius 1 is 0.946 bits per heavy atom. The summed E-state index contributed by atoms with van der Waals surface area (Å²) in [5.41, 5.74) is 2.64. The zero-order chi connectivity index (χ0) is 26.5. The molecule has 1 aliphatic carbocycles. The van der Waals surface area contributed by atoms with Crippen molar-refractivity contribution >= 4 is 18.4 Å². The number of halogens is 3. The molecule has 0 spiro atoms. The Hall–Kier alpha value is -2.62. The fraction of sp³-hybridized carbons (Fsp3) is 0.429. The molecule has 3 aromatic rings. The maximum absolute atomic E-state index is 12.3. The van der Waals surface area contributed by atoms with Crippen LogP contribution in [0.3, 0.4) is 0 Å². The number of hydrogen-bond acceptors (Lipinski definition) is 6. The molecule has 37 heavy (non-hydrogen) atoms. The number of alkyl halides is 3. The van der Waals surface area contributed by atoms with Crippen molar-refractivity contribution in [3.05, 3.63) is 72.2 Å². The van der Waals surface area contributed by atoms with Crippen LogP contribution in [0.5, 0.6) is 0 Å². The average Bonchev–Trinajstić information content (AvgIpc) is 2.85. The fourth-order valence-electron chi connectivity index (χ4n) is 4.55. The zero-order valence-electron chi connectivity index (χ0n) is 21.1. The zero-order valence-corrected chi connectivity index (χ0v) is 22.0. The van der Waals surface area contributed by atoms with Crippen LogP contribution in [0.25, 0.3) is 11.1 Å². The molecule has 1 aromatic carbocycles. The molecular formula is C28H33F3N4OS. The van der Waals surface area contributed by atoms with Gasteiger partial charge < -0.3 is 10.1 Å². The highest BCUT2D eigenvalue weighted by atomic mass is 32.1. The number of ether oxygens (including phenoxy) is 1. The van der Waals surface area contributed by atoms with Crippen LogP contribution in [-0.2, 0) is 16.5 Å². The third-order valence-corrected chi connectivity index (χ3v) is 7.32. The lowest BCUT2D eigenvalue weighted by Gasteiger charge is -2.46. The van der Waals surface area contributed by atoms with Crippen molar-refractivity contribution in [3.8, 4) is 11.1 Å². The Bertz CT molecular complexity index is 1140. The van der Waals surface area contributed by atoms with E-state index in [0.717, 1.165) is 35.7 Å². The van der Waals surface area contributed by atoms with Crippen molar-refractivity contribution in [1.82, 2.24) is 14.9 Å². The molecule has 5 rings (SSSR count). The molecular weight excluding hydrogens is 497 g/mol. The van der Waals surface area contributed by atoms with Gasteiger partial charge in [0, 0.05) is 23.3 Å². The first kappa shape index (κ1) is 27.4. The van der Waals surface area contributed by atoms with E-state index < -0.39 is 11.7 Å². The number of aromatic nitrogens is 2. The molecule has 1 saturated heterocycles. The predicted octanol–water partition coefficient (Wildman–Crippen LogP) is 6.67. The Morgan fingerprint density at radius 3 is 2.19 bits per heavy atom. The lowest BCUT2D eigenvalue weighted by molar-refractivity contribution is -0.137. The van der Waals surface area contributed by atoms with Gasteiger partial charge in [-0.15, -0.1) is 12.6 Å². The number of nitrogens with zero attached hydrogens (tertiary/aromatic N) is 3. The molecule has 0 radical (unpaired) electrons. The van der Waals surface area contributed by atoms with Gasteiger partial charge in [-0.3, -0.25) is 9.88 Å². The summed E-state index contributed by atoms with van der Waals surface area (Å²) in [4.78, 5) is 11.5. The summed E-state index contributed by atoms with van der Waals surface area (Å²) in [5, 5.41) is 3.18. The van der Waals surface area contributed by atoms with Gasteiger partial charge in [0.1, 0.15) is 11.4 Å². The maximum atomic E-state index is 12.3. The van der Waals surface area contributed by atoms with E-state index in [4.69, 9.17) is 4.74 Å². The number of nitrogens with one attached hydrogen (secondary N) is 1. The molecule has 1 aliphatic heterocycles. The number of hydrogen-bond donors (Lipinski definition) is 2. The highest BCUT2D eigenvalue weighted by Gasteiger charge is 2.44. The summed E-state index contributed by atoms with van der Waals surface area (Å²) >= 11 is 4.33. The van der Waals surface area contributed by atoms with Crippen molar-refractivity contribution in [2.75, 3.05) is 32.6 Å². The van der Waals surface area contributed by atoms with Gasteiger partial charge in [0.2, 0.25) is 0 Å². The van der Waals surface area contributed by atoms with Crippen molar-refractivity contribution < 1.29 is 17.9 Å². The lowest BCUT2D eigenvalue weighted by Crippen LogP contribution is -2.57. The quantitative estimate of drug-likeness (QED) is 0.361. The average molecular weight is 531 g/mol. The highest BCUT2D eigenvalue weighted by Crippen LogP contribution is 2.35. The summed E-state index contributed by atoms with van der Waals surface area (Å²) in [7, 11) is 4.15. The standard InChI is InChI=1S/C16H18N2OS.C12H15F3N2/c1-18(2)16(10-19-11-16)15-9-13(7-8-17-15)12-3-5-14(20)6-4-12;13-12(14,15)9-6-7-11(16-8-9)17-10-4-2-1-3-5-10/h3-9,20H,10-11H2,1-2H3;6-8,10H,1-5H2,(H,16,17). The summed E-state index contributed by atoms with van der Waals surface area (Å²) in [6.07, 6.45) is 4.20. The molecule has 0 amide bonds. The van der Waals surface area contributed by atoms with Gasteiger partial charge in [-0.05, 0) is 74.5 Å². The van der Waals surface area contributed by atoms with E-state index in [0.29, 0.717) is 25.1 Å². The molecule has 0 unspecified atom stereocenters. The molecule has 198 valence electrons. The number of thiol groups is 1. The number of pyridine rings is 2. The van der Waals surface area contributed by atoms with Crippen molar-refractivity contribution in [3.63, 3.8) is 0 Å². The smallest absolute Gasteiger partial charge is 0.377 e. The van der Waals surface area contributed by atoms with E-state index >= 15 is 0 Å². The molecule has 2 fully saturated rings. The molecule has 2 aliphatic rings. The monoisotopic (exact) mass is 530 g/mol. The van der Waals surface area contributed by atoms with Gasteiger partial charge in [0.25, 0.3) is 0 Å². The number of anilines is 1. The second kappa shape index (κ2) is 11.8. The van der Waals surface area contributed by atoms with Gasteiger partial charge in [-0.1, -0.05) is 31.4 Å². The SMILES string of the molecule is CN(C)C1(c2cc(-c3ccc(S)cc3)ccn2)COC1.FC(F)(F)c1ccc(NC2CCCCC2)nc1. The lowest BCUT2D eigenvalue weighted by atomic mass is 9.89. The number of likely N-dealkylation sites (N-methyl/N-ethyl adjacent to an activating group) is 1. The number of rotatable bonds is 5. The van der Waals surface area contributed by atoms with E-state index in [1.165, 1.54) is 36.5 Å². The van der Waals surface area contributed by atoms with Crippen LogP contribution in [0.2, 0.25) is 0 Å². The van der Waals surface area contributed by atoms with Crippen LogP contribution in [0.1, 0.15) is 43.4 Å². The van der Waals surface area contributed by atoms with Gasteiger partial charge in [-0.25, -0.2) is 4.98 Å². The molecule has 1 saturated carbocycles. The molecule has 0 bridgehead atoms. The maximum Gasteiger partial charge on any atom is 0.417 e. The second-order valence-electron chi connectivity index (χ2n) is 9.80. The van der Waals surface area contributed by atoms with Gasteiger partial charge in [-0.2, -0.15) is 13.2 Å². The van der Waals surface area contributed by atoms with Crippen LogP contribution in [0.15, 0.2) is 65.8 Å². The van der Waals surface area contributed by atoms with Crippen LogP contribution in [0.4, 0.5) is 19.0 Å². The summed E-state index contributed by atoms with van der Waals surface area (Å²) in [6, 6.07) is 15.2. The largest absolute Gasteiger partial charge is 0.417 e. The molecule has 0 atom stereocenters. The minimum Gasteiger partial charge on any atom is -0.377 e. The summed E-state index contributed by atoms with van der Waals surface area (Å²) in [5.74, 6) is 0.532. The second-order valence-corrected chi connectivity index (χ2v) is 10.3. The van der Waals surface area contributed by atoms with E-state index in [1.807, 2.05) is 24.4 Å². The van der Waals surface area contributed by atoms with Gasteiger partial charge in [0.15, 0.2) is 0 Å². The highest BCUT2D eigenvalue weighted by molar-refractivity contribution is 7.80. The molecule has 2 aromatic heterocycles. The van der Waals surface area contributed by atoms with Crippen molar-refractivity contribution in [2.24, 2.45) is 0 Å². The Kier molecular flexibility index (Phi) is 8.77. The van der Waals surface area contributed by atoms with E-state index in [-0.39, 0.29) is 5.54 Å². The van der Waals surface area contributed by atoms with Crippen molar-refractivity contribution in [1.29, 1.82) is 0 Å². The first-order chi connectivity index (χ1) is 17.7. The molecule has 3 heterocycles. The van der Waals surface area contributed by atoms with Crippen LogP contribution in [0, 0.1) is 0 Å². The van der Waals surface area contributed by atoms with Crippen LogP contribution < -0.4 is 5.32 Å². The Morgan fingerprint density at radius 2 is 1.65 bits per heavy atom. The number of benzene rings is 1. The van der Waals surface area contributed by atoms with E-state index in [9.17, 15) is 13.2 Å². The first-order valence-electron chi connectivity index (χ1n) is 12.5. The Balaban J connectivity index is 0.000000176. The fourth-order valence-corrected chi connectivity index (χ4v) is 4.70. The Labute approximate surface area is 221 Å². The topological polar surface area (TPSA) is 50.3 Å². The molecule has 5 nitrogen and oxygen atoms in total. The summed E-state index contributed by atoms with van der Waals surface area (Å²) in [6.45, 7) is 1.40. The minimum absolute atomic E-state index is 0.0838. The molecule has 1 N–H and O–H groups in total. The van der Waals surface area contributed by atoms with Gasteiger partial charge in [0.05, 0.1) is 24.5 Å². The summed E-state index contributed by atoms with van der Waals surface area (Å²) < 4.78 is 42.4. The normalized spacial score (nSPS) is 17.5. The van der Waals surface area contributed by atoms with Crippen molar-refractivity contribution in [2.45, 2.75) is 54.8 Å². The third kappa shape index (κ3) is 6.83. The van der Waals surface area contributed by atoms with Crippen LogP contribution >= 0.6 is 12.6 Å². The third-order valence-electron chi connectivity index (χ3n) is 7.02. The minimum atomic E-state index is -4.31. The first-order valence-corrected chi connectivity index (χ1v) is 12.9. The van der Waals surface area contributed by atoms with Gasteiger partial charge >= 0.3 is 6.18 Å². The van der Waals surface area contributed by atoms with E-state index in [1.54, 1.807) is 0 Å².